The SMILES string of the molecule is CN1CC(c2ccnc(N3CCCC3)n2)C2(C1)CN(C(=O)C1(O)CCCC1)C2. The highest BCUT2D eigenvalue weighted by Crippen LogP contribution is 2.49. The maximum absolute atomic E-state index is 12.9. The number of aliphatic hydroxyl groups is 1. The molecule has 1 saturated carbocycles. The molecule has 1 unspecified atom stereocenters. The summed E-state index contributed by atoms with van der Waals surface area (Å²) in [4.78, 5) is 28.9. The van der Waals surface area contributed by atoms with Crippen molar-refractivity contribution in [3.63, 3.8) is 0 Å². The van der Waals surface area contributed by atoms with Gasteiger partial charge in [-0.2, -0.15) is 0 Å². The van der Waals surface area contributed by atoms with Crippen molar-refractivity contribution in [2.75, 3.05) is 51.2 Å². The predicted molar refractivity (Wildman–Crippen MR) is 106 cm³/mol. The number of rotatable bonds is 3. The molecule has 1 spiro atoms. The molecule has 1 aliphatic carbocycles. The standard InChI is InChI=1S/C21H31N5O2/c1-24-12-16(17-6-9-22-19(23-17)25-10-4-5-11-25)20(13-24)14-26(15-20)18(27)21(28)7-2-3-8-21/h6,9,16,28H,2-5,7-8,10-15H2,1H3. The summed E-state index contributed by atoms with van der Waals surface area (Å²) < 4.78 is 0. The lowest BCUT2D eigenvalue weighted by atomic mass is 9.69. The van der Waals surface area contributed by atoms with Gasteiger partial charge in [0.1, 0.15) is 5.60 Å². The number of likely N-dealkylation sites (N-methyl/N-ethyl adjacent to an activating group) is 1. The third-order valence-electron chi connectivity index (χ3n) is 7.36. The quantitative estimate of drug-likeness (QED) is 0.844. The lowest BCUT2D eigenvalue weighted by Gasteiger charge is -2.52. The molecule has 0 aromatic carbocycles. The van der Waals surface area contributed by atoms with E-state index in [1.807, 2.05) is 11.1 Å². The Morgan fingerprint density at radius 1 is 1.14 bits per heavy atom. The Hall–Kier alpha value is -1.73. The Bertz CT molecular complexity index is 751. The van der Waals surface area contributed by atoms with Gasteiger partial charge in [0.05, 0.1) is 5.69 Å². The summed E-state index contributed by atoms with van der Waals surface area (Å²) in [6.45, 7) is 5.48. The van der Waals surface area contributed by atoms with E-state index in [1.54, 1.807) is 0 Å². The first-order valence-electron chi connectivity index (χ1n) is 10.8. The number of carbonyl (C=O) groups excluding carboxylic acids is 1. The first-order chi connectivity index (χ1) is 13.5. The molecule has 7 nitrogen and oxygen atoms in total. The molecule has 3 saturated heterocycles. The van der Waals surface area contributed by atoms with Crippen LogP contribution in [0.25, 0.3) is 0 Å². The Kier molecular flexibility index (Phi) is 4.36. The fraction of sp³-hybridized carbons (Fsp3) is 0.762. The molecule has 1 atom stereocenters. The Morgan fingerprint density at radius 2 is 1.86 bits per heavy atom. The highest BCUT2D eigenvalue weighted by atomic mass is 16.3. The minimum atomic E-state index is -1.11. The average molecular weight is 386 g/mol. The van der Waals surface area contributed by atoms with Crippen LogP contribution in [0.1, 0.15) is 50.1 Å². The molecule has 0 bridgehead atoms. The molecule has 4 heterocycles. The molecule has 1 aromatic rings. The summed E-state index contributed by atoms with van der Waals surface area (Å²) in [5.41, 5.74) is 0.0445. The molecular weight excluding hydrogens is 354 g/mol. The van der Waals surface area contributed by atoms with Gasteiger partial charge in [0.2, 0.25) is 5.95 Å². The van der Waals surface area contributed by atoms with Crippen LogP contribution in [-0.4, -0.2) is 82.7 Å². The smallest absolute Gasteiger partial charge is 0.254 e. The summed E-state index contributed by atoms with van der Waals surface area (Å²) in [5, 5.41) is 10.7. The molecule has 4 fully saturated rings. The van der Waals surface area contributed by atoms with Crippen LogP contribution in [0.2, 0.25) is 0 Å². The molecule has 5 rings (SSSR count). The summed E-state index contributed by atoms with van der Waals surface area (Å²) in [6, 6.07) is 2.06. The first-order valence-corrected chi connectivity index (χ1v) is 10.8. The minimum Gasteiger partial charge on any atom is -0.380 e. The lowest BCUT2D eigenvalue weighted by molar-refractivity contribution is -0.163. The number of anilines is 1. The van der Waals surface area contributed by atoms with Crippen molar-refractivity contribution in [3.05, 3.63) is 18.0 Å². The number of aromatic nitrogens is 2. The normalized spacial score (nSPS) is 28.9. The van der Waals surface area contributed by atoms with Gasteiger partial charge in [0.15, 0.2) is 0 Å². The van der Waals surface area contributed by atoms with Gasteiger partial charge in [-0.15, -0.1) is 0 Å². The van der Waals surface area contributed by atoms with Crippen LogP contribution in [0, 0.1) is 5.41 Å². The summed E-state index contributed by atoms with van der Waals surface area (Å²) in [5.74, 6) is 1.11. The molecular formula is C21H31N5O2. The van der Waals surface area contributed by atoms with Crippen molar-refractivity contribution in [1.29, 1.82) is 0 Å². The Labute approximate surface area is 166 Å². The molecule has 0 radical (unpaired) electrons. The minimum absolute atomic E-state index is 0.0515. The zero-order valence-corrected chi connectivity index (χ0v) is 16.8. The van der Waals surface area contributed by atoms with Crippen molar-refractivity contribution >= 4 is 11.9 Å². The molecule has 7 heteroatoms. The van der Waals surface area contributed by atoms with Gasteiger partial charge in [-0.3, -0.25) is 4.79 Å². The van der Waals surface area contributed by atoms with Gasteiger partial charge < -0.3 is 19.8 Å². The second-order valence-electron chi connectivity index (χ2n) is 9.49. The van der Waals surface area contributed by atoms with Crippen molar-refractivity contribution in [2.24, 2.45) is 5.41 Å². The van der Waals surface area contributed by atoms with Crippen LogP contribution in [0.15, 0.2) is 12.3 Å². The van der Waals surface area contributed by atoms with Crippen LogP contribution in [0.5, 0.6) is 0 Å². The fourth-order valence-electron chi connectivity index (χ4n) is 5.90. The van der Waals surface area contributed by atoms with Crippen LogP contribution in [0.3, 0.4) is 0 Å². The van der Waals surface area contributed by atoms with E-state index < -0.39 is 5.60 Å². The number of hydrogen-bond donors (Lipinski definition) is 1. The molecule has 28 heavy (non-hydrogen) atoms. The van der Waals surface area contributed by atoms with Crippen molar-refractivity contribution < 1.29 is 9.90 Å². The summed E-state index contributed by atoms with van der Waals surface area (Å²) in [6.07, 6.45) is 7.45. The van der Waals surface area contributed by atoms with Gasteiger partial charge in [-0.05, 0) is 51.6 Å². The molecule has 1 amide bonds. The van der Waals surface area contributed by atoms with E-state index >= 15 is 0 Å². The summed E-state index contributed by atoms with van der Waals surface area (Å²) >= 11 is 0. The van der Waals surface area contributed by atoms with E-state index in [1.165, 1.54) is 12.8 Å². The number of nitrogens with zero attached hydrogens (tertiary/aromatic N) is 5. The second kappa shape index (κ2) is 6.66. The second-order valence-corrected chi connectivity index (χ2v) is 9.49. The van der Waals surface area contributed by atoms with E-state index in [-0.39, 0.29) is 11.3 Å². The molecule has 1 N–H and O–H groups in total. The lowest BCUT2D eigenvalue weighted by Crippen LogP contribution is -2.65. The maximum atomic E-state index is 12.9. The topological polar surface area (TPSA) is 72.8 Å². The predicted octanol–water partition coefficient (Wildman–Crippen LogP) is 1.24. The Balaban J connectivity index is 1.34. The van der Waals surface area contributed by atoms with E-state index in [9.17, 15) is 9.90 Å². The molecule has 3 aliphatic heterocycles. The number of likely N-dealkylation sites (tertiary alicyclic amines) is 2. The van der Waals surface area contributed by atoms with Crippen molar-refractivity contribution in [2.45, 2.75) is 50.0 Å². The fourth-order valence-corrected chi connectivity index (χ4v) is 5.90. The van der Waals surface area contributed by atoms with E-state index in [0.29, 0.717) is 18.8 Å². The molecule has 4 aliphatic rings. The van der Waals surface area contributed by atoms with Crippen LogP contribution in [0.4, 0.5) is 5.95 Å². The highest BCUT2D eigenvalue weighted by molar-refractivity contribution is 5.86. The third-order valence-corrected chi connectivity index (χ3v) is 7.36. The highest BCUT2D eigenvalue weighted by Gasteiger charge is 2.58. The molecule has 152 valence electrons. The number of hydrogen-bond acceptors (Lipinski definition) is 6. The number of carbonyl (C=O) groups is 1. The average Bonchev–Trinajstić information content (AvgIpc) is 3.40. The van der Waals surface area contributed by atoms with E-state index in [0.717, 1.165) is 63.8 Å². The Morgan fingerprint density at radius 3 is 2.57 bits per heavy atom. The third kappa shape index (κ3) is 2.90. The van der Waals surface area contributed by atoms with Crippen molar-refractivity contribution in [3.8, 4) is 0 Å². The van der Waals surface area contributed by atoms with Gasteiger partial charge in [0, 0.05) is 56.8 Å². The summed E-state index contributed by atoms with van der Waals surface area (Å²) in [7, 11) is 2.15. The van der Waals surface area contributed by atoms with Crippen LogP contribution in [-0.2, 0) is 4.79 Å². The van der Waals surface area contributed by atoms with E-state index in [4.69, 9.17) is 4.98 Å². The van der Waals surface area contributed by atoms with Crippen LogP contribution < -0.4 is 4.90 Å². The van der Waals surface area contributed by atoms with E-state index in [2.05, 4.69) is 27.9 Å². The monoisotopic (exact) mass is 385 g/mol. The van der Waals surface area contributed by atoms with Gasteiger partial charge in [0.25, 0.3) is 5.91 Å². The zero-order chi connectivity index (χ0) is 19.4. The first kappa shape index (κ1) is 18.3. The van der Waals surface area contributed by atoms with Gasteiger partial charge >= 0.3 is 0 Å². The zero-order valence-electron chi connectivity index (χ0n) is 16.8. The number of amides is 1. The maximum Gasteiger partial charge on any atom is 0.254 e. The van der Waals surface area contributed by atoms with Crippen molar-refractivity contribution in [1.82, 2.24) is 19.8 Å². The van der Waals surface area contributed by atoms with Crippen LogP contribution >= 0.6 is 0 Å². The van der Waals surface area contributed by atoms with Gasteiger partial charge in [-0.25, -0.2) is 9.97 Å². The van der Waals surface area contributed by atoms with Gasteiger partial charge in [-0.1, -0.05) is 0 Å². The molecule has 1 aromatic heterocycles. The largest absolute Gasteiger partial charge is 0.380 e.